The molecule has 4 heterocycles. The number of carbonyl (C=O) groups excluding carboxylic acids is 2. The molecule has 7 rings (SSSR count). The molecule has 0 aliphatic carbocycles. The van der Waals surface area contributed by atoms with Gasteiger partial charge in [-0.1, -0.05) is 39.0 Å². The second kappa shape index (κ2) is 16.7. The number of piperidine rings is 2. The van der Waals surface area contributed by atoms with Gasteiger partial charge in [0.05, 0.1) is 18.5 Å². The van der Waals surface area contributed by atoms with Crippen LogP contribution in [0.15, 0.2) is 48.5 Å². The summed E-state index contributed by atoms with van der Waals surface area (Å²) >= 11 is -1.98. The zero-order valence-electron chi connectivity index (χ0n) is 34.4. The van der Waals surface area contributed by atoms with Crippen molar-refractivity contribution in [1.29, 1.82) is 0 Å². The van der Waals surface area contributed by atoms with Gasteiger partial charge >= 0.3 is 11.3 Å². The second-order valence-electron chi connectivity index (χ2n) is 16.8. The first-order valence-electron chi connectivity index (χ1n) is 20.2. The lowest BCUT2D eigenvalue weighted by atomic mass is 9.93. The Morgan fingerprint density at radius 2 is 1.39 bits per heavy atom. The number of aromatic nitrogens is 4. The van der Waals surface area contributed by atoms with Crippen LogP contribution in [0.5, 0.6) is 5.75 Å². The summed E-state index contributed by atoms with van der Waals surface area (Å²) in [6, 6.07) is 15.4. The van der Waals surface area contributed by atoms with Crippen LogP contribution in [0.1, 0.15) is 98.4 Å². The molecule has 2 saturated heterocycles. The Hall–Kier alpha value is -5.17. The zero-order valence-corrected chi connectivity index (χ0v) is 35.2. The molecule has 1 atom stereocenters. The minimum atomic E-state index is -1.98. The summed E-state index contributed by atoms with van der Waals surface area (Å²) in [5, 5.41) is 16.2. The van der Waals surface area contributed by atoms with Crippen molar-refractivity contribution in [3.63, 3.8) is 0 Å². The average Bonchev–Trinajstić information content (AvgIpc) is 3.78. The van der Waals surface area contributed by atoms with Gasteiger partial charge in [-0.15, -0.1) is 10.2 Å². The van der Waals surface area contributed by atoms with Crippen LogP contribution in [0.4, 0.5) is 17.1 Å². The largest absolute Gasteiger partial charge is 0.385 e. The Morgan fingerprint density at radius 3 is 1.98 bits per heavy atom. The molecule has 2 fully saturated rings. The van der Waals surface area contributed by atoms with Crippen LogP contribution in [0, 0.1) is 27.7 Å². The van der Waals surface area contributed by atoms with E-state index in [-0.39, 0.29) is 30.1 Å². The molecule has 0 saturated carbocycles. The minimum Gasteiger partial charge on any atom is -0.385 e. The third kappa shape index (κ3) is 9.19. The van der Waals surface area contributed by atoms with Gasteiger partial charge in [0, 0.05) is 60.3 Å². The number of nitrogens with zero attached hydrogens (tertiary/aromatic N) is 5. The first-order chi connectivity index (χ1) is 27.2. The maximum atomic E-state index is 13.6. The van der Waals surface area contributed by atoms with Crippen LogP contribution in [0.3, 0.4) is 0 Å². The number of nitrogens with one attached hydrogen (secondary N) is 3. The van der Waals surface area contributed by atoms with Crippen LogP contribution >= 0.6 is 0 Å². The van der Waals surface area contributed by atoms with Gasteiger partial charge in [-0.25, -0.2) is 4.52 Å². The molecular formula is C44H56N8O4S. The van der Waals surface area contributed by atoms with Gasteiger partial charge in [-0.2, -0.15) is 4.21 Å². The fourth-order valence-electron chi connectivity index (χ4n) is 8.05. The van der Waals surface area contributed by atoms with Gasteiger partial charge in [0.25, 0.3) is 0 Å². The smallest absolute Gasteiger partial charge is 0.316 e. The van der Waals surface area contributed by atoms with Crippen molar-refractivity contribution in [2.75, 3.05) is 36.2 Å². The molecule has 2 aliphatic heterocycles. The quantitative estimate of drug-likeness (QED) is 0.123. The monoisotopic (exact) mass is 792 g/mol. The fraction of sp³-hybridized carbons (Fsp3) is 0.455. The summed E-state index contributed by atoms with van der Waals surface area (Å²) in [7, 11) is 0. The summed E-state index contributed by atoms with van der Waals surface area (Å²) in [6.07, 6.45) is 6.70. The highest BCUT2D eigenvalue weighted by Crippen LogP contribution is 2.37. The van der Waals surface area contributed by atoms with E-state index in [1.807, 2.05) is 45.5 Å². The molecule has 2 aliphatic rings. The fourth-order valence-corrected chi connectivity index (χ4v) is 8.68. The van der Waals surface area contributed by atoms with Gasteiger partial charge in [-0.05, 0) is 124 Å². The van der Waals surface area contributed by atoms with Crippen molar-refractivity contribution in [2.24, 2.45) is 0 Å². The molecule has 0 spiro atoms. The van der Waals surface area contributed by atoms with E-state index < -0.39 is 11.3 Å². The Balaban J connectivity index is 1.10. The average molecular weight is 793 g/mol. The van der Waals surface area contributed by atoms with E-state index in [0.717, 1.165) is 132 Å². The summed E-state index contributed by atoms with van der Waals surface area (Å²) in [6.45, 7) is 17.8. The van der Waals surface area contributed by atoms with Crippen molar-refractivity contribution < 1.29 is 18.0 Å². The topological polar surface area (TPSA) is 137 Å². The predicted octanol–water partition coefficient (Wildman–Crippen LogP) is 8.18. The first kappa shape index (κ1) is 40.0. The molecule has 13 heteroatoms. The van der Waals surface area contributed by atoms with Crippen molar-refractivity contribution in [1.82, 2.24) is 29.6 Å². The molecule has 5 aromatic rings. The predicted molar refractivity (Wildman–Crippen MR) is 227 cm³/mol. The van der Waals surface area contributed by atoms with E-state index in [0.29, 0.717) is 11.4 Å². The number of aryl methyl sites for hydroxylation is 3. The number of fused-ring (bicyclic) bond motifs is 1. The van der Waals surface area contributed by atoms with Gasteiger partial charge in [0.1, 0.15) is 5.75 Å². The molecule has 12 nitrogen and oxygen atoms in total. The molecule has 3 N–H and O–H groups in total. The zero-order chi connectivity index (χ0) is 40.4. The highest BCUT2D eigenvalue weighted by Gasteiger charge is 2.24. The summed E-state index contributed by atoms with van der Waals surface area (Å²) in [5.41, 5.74) is 10.9. The molecule has 3 aromatic carbocycles. The van der Waals surface area contributed by atoms with Crippen LogP contribution in [-0.4, -0.2) is 71.8 Å². The lowest BCUT2D eigenvalue weighted by Crippen LogP contribution is -2.37. The molecule has 2 aromatic heterocycles. The number of hydrogen-bond donors (Lipinski definition) is 3. The normalized spacial score (nSPS) is 15.5. The van der Waals surface area contributed by atoms with E-state index in [9.17, 15) is 13.8 Å². The van der Waals surface area contributed by atoms with E-state index >= 15 is 0 Å². The lowest BCUT2D eigenvalue weighted by molar-refractivity contribution is -0.132. The molecule has 2 amide bonds. The van der Waals surface area contributed by atoms with E-state index in [1.54, 1.807) is 12.1 Å². The number of amides is 2. The summed E-state index contributed by atoms with van der Waals surface area (Å²) < 4.78 is 24.5. The molecule has 0 radical (unpaired) electrons. The number of anilines is 3. The van der Waals surface area contributed by atoms with Gasteiger partial charge in [0.2, 0.25) is 11.8 Å². The van der Waals surface area contributed by atoms with Crippen LogP contribution in [-0.2, 0) is 39.1 Å². The van der Waals surface area contributed by atoms with Crippen LogP contribution in [0.2, 0.25) is 0 Å². The highest BCUT2D eigenvalue weighted by molar-refractivity contribution is 7.81. The maximum Gasteiger partial charge on any atom is 0.316 e. The standard InChI is InChI=1S/C44H56N8O4S/c1-28-14-15-34(26-36(28)45-42-30(3)20-29(2)41(31(42)4)43-47-46-38-27-37(44(5,6)7)48-52(38)43)49-57(55)56-35-22-32(24-39(53)50-16-10-8-11-17-50)21-33(23-35)25-40(54)51-18-12-9-13-19-51/h14-15,20-23,26-27,45,48-49H,8-13,16-19,24-25H2,1-7H3. The van der Waals surface area contributed by atoms with Gasteiger partial charge < -0.3 is 19.3 Å². The summed E-state index contributed by atoms with van der Waals surface area (Å²) in [5.74, 6) is 1.20. The number of hydrogen-bond acceptors (Lipinski definition) is 7. The Morgan fingerprint density at radius 1 is 0.772 bits per heavy atom. The van der Waals surface area contributed by atoms with Crippen LogP contribution in [0.25, 0.3) is 17.0 Å². The Kier molecular flexibility index (Phi) is 11.8. The Labute approximate surface area is 338 Å². The first-order valence-corrected chi connectivity index (χ1v) is 21.3. The highest BCUT2D eigenvalue weighted by atomic mass is 32.2. The van der Waals surface area contributed by atoms with E-state index in [1.165, 1.54) is 0 Å². The molecule has 57 heavy (non-hydrogen) atoms. The lowest BCUT2D eigenvalue weighted by Gasteiger charge is -2.27. The molecule has 302 valence electrons. The third-order valence-electron chi connectivity index (χ3n) is 11.2. The number of rotatable bonds is 11. The van der Waals surface area contributed by atoms with Gasteiger partial charge in [-0.3, -0.25) is 19.4 Å². The molecule has 0 bridgehead atoms. The van der Waals surface area contributed by atoms with Crippen molar-refractivity contribution in [2.45, 2.75) is 105 Å². The molecule has 1 unspecified atom stereocenters. The Bertz CT molecular complexity index is 2260. The summed E-state index contributed by atoms with van der Waals surface area (Å²) in [4.78, 5) is 30.3. The van der Waals surface area contributed by atoms with Crippen molar-refractivity contribution >= 4 is 45.8 Å². The van der Waals surface area contributed by atoms with Gasteiger partial charge in [0.15, 0.2) is 11.5 Å². The SMILES string of the molecule is Cc1ccc(NS(=O)Oc2cc(CC(=O)N3CCCCC3)cc(CC(=O)N3CCCCC3)c2)cc1Nc1c(C)cc(C)c(-c2nnc3cc(C(C)(C)C)[nH]n23)c1C. The second-order valence-corrected chi connectivity index (χ2v) is 17.7. The number of likely N-dealkylation sites (tertiary alicyclic amines) is 2. The van der Waals surface area contributed by atoms with Crippen LogP contribution < -0.4 is 14.2 Å². The number of carbonyl (C=O) groups is 2. The molecular weight excluding hydrogens is 737 g/mol. The number of aromatic amines is 1. The number of benzene rings is 3. The van der Waals surface area contributed by atoms with Crippen molar-refractivity contribution in [3.8, 4) is 17.1 Å². The minimum absolute atomic E-state index is 0.0546. The van der Waals surface area contributed by atoms with Crippen molar-refractivity contribution in [3.05, 3.63) is 87.6 Å². The number of H-pyrrole nitrogens is 1. The van der Waals surface area contributed by atoms with E-state index in [4.69, 9.17) is 4.18 Å². The third-order valence-corrected chi connectivity index (χ3v) is 12.0. The van der Waals surface area contributed by atoms with E-state index in [2.05, 4.69) is 79.0 Å². The maximum absolute atomic E-state index is 13.6.